The fourth-order valence-electron chi connectivity index (χ4n) is 1.79. The monoisotopic (exact) mass is 250 g/mol. The van der Waals surface area contributed by atoms with Crippen molar-refractivity contribution in [3.8, 4) is 0 Å². The maximum atomic E-state index is 11.6. The molecular weight excluding hydrogens is 228 g/mol. The molecule has 0 aromatic heterocycles. The van der Waals surface area contributed by atoms with E-state index in [1.807, 2.05) is 13.0 Å². The minimum absolute atomic E-state index is 0.396. The van der Waals surface area contributed by atoms with Crippen molar-refractivity contribution in [3.63, 3.8) is 0 Å². The third-order valence-corrected chi connectivity index (χ3v) is 2.90. The third kappa shape index (κ3) is 3.65. The van der Waals surface area contributed by atoms with Gasteiger partial charge in [-0.05, 0) is 31.0 Å². The van der Waals surface area contributed by atoms with Gasteiger partial charge in [-0.25, -0.2) is 4.79 Å². The topological polar surface area (TPSA) is 64.3 Å². The summed E-state index contributed by atoms with van der Waals surface area (Å²) < 4.78 is 4.72. The molecule has 0 saturated carbocycles. The highest BCUT2D eigenvalue weighted by molar-refractivity contribution is 5.97. The molecule has 0 bridgehead atoms. The smallest absolute Gasteiger partial charge is 0.340 e. The molecule has 3 N–H and O–H groups in total. The number of carbonyl (C=O) groups is 1. The zero-order chi connectivity index (χ0) is 13.5. The Morgan fingerprint density at radius 1 is 1.39 bits per heavy atom. The molecule has 0 heterocycles. The van der Waals surface area contributed by atoms with Gasteiger partial charge in [0, 0.05) is 17.9 Å². The molecule has 18 heavy (non-hydrogen) atoms. The average molecular weight is 250 g/mol. The SMILES string of the molecule is CCCCCNc1cc(C)c(N)c(C(=O)OC)c1. The van der Waals surface area contributed by atoms with Crippen molar-refractivity contribution in [1.82, 2.24) is 0 Å². The second kappa shape index (κ2) is 6.89. The standard InChI is InChI=1S/C14H22N2O2/c1-4-5-6-7-16-11-8-10(2)13(15)12(9-11)14(17)18-3/h8-9,16H,4-7,15H2,1-3H3. The number of hydrogen-bond acceptors (Lipinski definition) is 4. The molecule has 1 rings (SSSR count). The Morgan fingerprint density at radius 3 is 2.72 bits per heavy atom. The van der Waals surface area contributed by atoms with Gasteiger partial charge in [-0.15, -0.1) is 0 Å². The van der Waals surface area contributed by atoms with Gasteiger partial charge < -0.3 is 15.8 Å². The summed E-state index contributed by atoms with van der Waals surface area (Å²) in [4.78, 5) is 11.6. The quantitative estimate of drug-likeness (QED) is 0.463. The van der Waals surface area contributed by atoms with E-state index in [0.717, 1.165) is 24.2 Å². The number of benzene rings is 1. The van der Waals surface area contributed by atoms with E-state index in [9.17, 15) is 4.79 Å². The van der Waals surface area contributed by atoms with Crippen molar-refractivity contribution in [2.45, 2.75) is 33.1 Å². The Hall–Kier alpha value is -1.71. The first-order valence-electron chi connectivity index (χ1n) is 6.32. The minimum atomic E-state index is -0.396. The Kier molecular flexibility index (Phi) is 5.49. The van der Waals surface area contributed by atoms with Crippen LogP contribution in [-0.2, 0) is 4.74 Å². The van der Waals surface area contributed by atoms with Gasteiger partial charge in [-0.3, -0.25) is 0 Å². The molecule has 4 nitrogen and oxygen atoms in total. The highest BCUT2D eigenvalue weighted by Gasteiger charge is 2.13. The maximum Gasteiger partial charge on any atom is 0.340 e. The van der Waals surface area contributed by atoms with E-state index in [0.29, 0.717) is 11.3 Å². The number of rotatable bonds is 6. The largest absolute Gasteiger partial charge is 0.465 e. The first-order valence-corrected chi connectivity index (χ1v) is 6.32. The number of nitrogen functional groups attached to an aromatic ring is 1. The van der Waals surface area contributed by atoms with Crippen LogP contribution >= 0.6 is 0 Å². The van der Waals surface area contributed by atoms with E-state index >= 15 is 0 Å². The lowest BCUT2D eigenvalue weighted by Crippen LogP contribution is -2.09. The van der Waals surface area contributed by atoms with Crippen LogP contribution in [0.15, 0.2) is 12.1 Å². The van der Waals surface area contributed by atoms with Crippen LogP contribution in [0.25, 0.3) is 0 Å². The summed E-state index contributed by atoms with van der Waals surface area (Å²) >= 11 is 0. The lowest BCUT2D eigenvalue weighted by atomic mass is 10.1. The van der Waals surface area contributed by atoms with Crippen molar-refractivity contribution in [2.24, 2.45) is 0 Å². The van der Waals surface area contributed by atoms with Crippen LogP contribution in [0.5, 0.6) is 0 Å². The van der Waals surface area contributed by atoms with Gasteiger partial charge in [0.2, 0.25) is 0 Å². The summed E-state index contributed by atoms with van der Waals surface area (Å²) in [5.74, 6) is -0.396. The number of nitrogens with two attached hydrogens (primary N) is 1. The number of hydrogen-bond donors (Lipinski definition) is 2. The Bertz CT molecular complexity index is 417. The number of ether oxygens (including phenoxy) is 1. The van der Waals surface area contributed by atoms with E-state index in [1.54, 1.807) is 6.07 Å². The molecule has 1 aromatic carbocycles. The molecule has 100 valence electrons. The third-order valence-electron chi connectivity index (χ3n) is 2.90. The van der Waals surface area contributed by atoms with Crippen molar-refractivity contribution >= 4 is 17.3 Å². The lowest BCUT2D eigenvalue weighted by molar-refractivity contribution is 0.0602. The maximum absolute atomic E-state index is 11.6. The summed E-state index contributed by atoms with van der Waals surface area (Å²) in [6.45, 7) is 4.96. The van der Waals surface area contributed by atoms with Crippen LogP contribution < -0.4 is 11.1 Å². The number of aryl methyl sites for hydroxylation is 1. The van der Waals surface area contributed by atoms with Gasteiger partial charge in [0.1, 0.15) is 0 Å². The number of anilines is 2. The summed E-state index contributed by atoms with van der Waals surface area (Å²) in [5.41, 5.74) is 8.59. The number of unbranched alkanes of at least 4 members (excludes halogenated alkanes) is 2. The molecule has 1 aromatic rings. The predicted molar refractivity (Wildman–Crippen MR) is 74.9 cm³/mol. The van der Waals surface area contributed by atoms with Crippen LogP contribution in [0.3, 0.4) is 0 Å². The highest BCUT2D eigenvalue weighted by Crippen LogP contribution is 2.23. The van der Waals surface area contributed by atoms with Gasteiger partial charge in [-0.1, -0.05) is 19.8 Å². The van der Waals surface area contributed by atoms with Crippen molar-refractivity contribution < 1.29 is 9.53 Å². The molecule has 0 aliphatic rings. The summed E-state index contributed by atoms with van der Waals surface area (Å²) in [6.07, 6.45) is 3.51. The minimum Gasteiger partial charge on any atom is -0.465 e. The molecule has 0 radical (unpaired) electrons. The van der Waals surface area contributed by atoms with Gasteiger partial charge >= 0.3 is 5.97 Å². The van der Waals surface area contributed by atoms with E-state index in [4.69, 9.17) is 10.5 Å². The Labute approximate surface area is 109 Å². The molecule has 0 spiro atoms. The molecule has 0 aliphatic carbocycles. The number of carbonyl (C=O) groups excluding carboxylic acids is 1. The van der Waals surface area contributed by atoms with Gasteiger partial charge in [-0.2, -0.15) is 0 Å². The van der Waals surface area contributed by atoms with Crippen LogP contribution in [0.4, 0.5) is 11.4 Å². The summed E-state index contributed by atoms with van der Waals surface area (Å²) in [5, 5.41) is 3.30. The number of esters is 1. The molecular formula is C14H22N2O2. The molecule has 0 amide bonds. The van der Waals surface area contributed by atoms with Gasteiger partial charge in [0.25, 0.3) is 0 Å². The Morgan fingerprint density at radius 2 is 2.11 bits per heavy atom. The predicted octanol–water partition coefficient (Wildman–Crippen LogP) is 2.97. The zero-order valence-corrected chi connectivity index (χ0v) is 11.4. The van der Waals surface area contributed by atoms with Gasteiger partial charge in [0.15, 0.2) is 0 Å². The van der Waals surface area contributed by atoms with Crippen LogP contribution in [0.2, 0.25) is 0 Å². The molecule has 0 aliphatic heterocycles. The summed E-state index contributed by atoms with van der Waals surface area (Å²) in [6, 6.07) is 3.70. The molecule has 0 unspecified atom stereocenters. The second-order valence-electron chi connectivity index (χ2n) is 4.38. The molecule has 0 fully saturated rings. The van der Waals surface area contributed by atoms with Crippen LogP contribution in [0.1, 0.15) is 42.1 Å². The van der Waals surface area contributed by atoms with Crippen LogP contribution in [0, 0.1) is 6.92 Å². The average Bonchev–Trinajstić information content (AvgIpc) is 2.37. The lowest BCUT2D eigenvalue weighted by Gasteiger charge is -2.12. The van der Waals surface area contributed by atoms with E-state index in [1.165, 1.54) is 20.0 Å². The van der Waals surface area contributed by atoms with E-state index < -0.39 is 5.97 Å². The highest BCUT2D eigenvalue weighted by atomic mass is 16.5. The fraction of sp³-hybridized carbons (Fsp3) is 0.500. The van der Waals surface area contributed by atoms with E-state index in [2.05, 4.69) is 12.2 Å². The number of nitrogens with one attached hydrogen (secondary N) is 1. The summed E-state index contributed by atoms with van der Waals surface area (Å²) in [7, 11) is 1.36. The second-order valence-corrected chi connectivity index (χ2v) is 4.38. The number of methoxy groups -OCH3 is 1. The van der Waals surface area contributed by atoms with Crippen molar-refractivity contribution in [1.29, 1.82) is 0 Å². The normalized spacial score (nSPS) is 10.2. The van der Waals surface area contributed by atoms with Crippen molar-refractivity contribution in [3.05, 3.63) is 23.3 Å². The molecule has 4 heteroatoms. The van der Waals surface area contributed by atoms with Gasteiger partial charge in [0.05, 0.1) is 12.7 Å². The Balaban J connectivity index is 2.81. The van der Waals surface area contributed by atoms with Crippen LogP contribution in [-0.4, -0.2) is 19.6 Å². The molecule has 0 saturated heterocycles. The fourth-order valence-corrected chi connectivity index (χ4v) is 1.79. The first kappa shape index (κ1) is 14.4. The first-order chi connectivity index (χ1) is 8.60. The van der Waals surface area contributed by atoms with E-state index in [-0.39, 0.29) is 0 Å². The zero-order valence-electron chi connectivity index (χ0n) is 11.4. The molecule has 0 atom stereocenters. The van der Waals surface area contributed by atoms with Crippen molar-refractivity contribution in [2.75, 3.05) is 24.7 Å².